The Morgan fingerprint density at radius 2 is 1.67 bits per heavy atom. The maximum absolute atomic E-state index is 12.4. The average Bonchev–Trinajstić information content (AvgIpc) is 2.78. The first-order chi connectivity index (χ1) is 14.6. The van der Waals surface area contributed by atoms with Gasteiger partial charge in [0.15, 0.2) is 6.61 Å². The van der Waals surface area contributed by atoms with Crippen LogP contribution in [0.4, 0.5) is 5.69 Å². The molecule has 4 aromatic rings. The fraction of sp³-hybridized carbons (Fsp3) is 0.0417. The lowest BCUT2D eigenvalue weighted by Gasteiger charge is -2.11. The Bertz CT molecular complexity index is 1230. The van der Waals surface area contributed by atoms with Crippen molar-refractivity contribution < 1.29 is 14.3 Å². The minimum atomic E-state index is -0.585. The number of anilines is 1. The highest BCUT2D eigenvalue weighted by atomic mass is 35.5. The Hall–Kier alpha value is -3.70. The van der Waals surface area contributed by atoms with Gasteiger partial charge in [0.2, 0.25) is 0 Å². The maximum atomic E-state index is 12.4. The molecule has 0 unspecified atom stereocenters. The Balaban J connectivity index is 1.42. The Labute approximate surface area is 178 Å². The summed E-state index contributed by atoms with van der Waals surface area (Å²) >= 11 is 5.88. The molecule has 1 aromatic heterocycles. The van der Waals surface area contributed by atoms with Gasteiger partial charge < -0.3 is 10.1 Å². The van der Waals surface area contributed by atoms with Crippen LogP contribution in [0.1, 0.15) is 10.4 Å². The van der Waals surface area contributed by atoms with E-state index in [0.717, 1.165) is 16.5 Å². The number of carbonyl (C=O) groups is 2. The second-order valence-corrected chi connectivity index (χ2v) is 6.96. The van der Waals surface area contributed by atoms with Crippen molar-refractivity contribution in [2.75, 3.05) is 11.9 Å². The Morgan fingerprint density at radius 1 is 0.900 bits per heavy atom. The molecule has 30 heavy (non-hydrogen) atoms. The molecule has 0 aliphatic carbocycles. The minimum absolute atomic E-state index is 0.337. The second kappa shape index (κ2) is 8.76. The van der Waals surface area contributed by atoms with Crippen molar-refractivity contribution in [3.8, 4) is 11.1 Å². The van der Waals surface area contributed by atoms with Gasteiger partial charge in [-0.1, -0.05) is 60.1 Å². The molecule has 0 bridgehead atoms. The summed E-state index contributed by atoms with van der Waals surface area (Å²) in [5.41, 5.74) is 3.53. The predicted molar refractivity (Wildman–Crippen MR) is 118 cm³/mol. The number of benzene rings is 3. The van der Waals surface area contributed by atoms with Gasteiger partial charge in [-0.2, -0.15) is 0 Å². The molecule has 0 saturated carbocycles. The first-order valence-electron chi connectivity index (χ1n) is 9.28. The van der Waals surface area contributed by atoms with Crippen LogP contribution in [0.25, 0.3) is 22.0 Å². The number of para-hydroxylation sites is 1. The molecule has 148 valence electrons. The van der Waals surface area contributed by atoms with E-state index in [-0.39, 0.29) is 0 Å². The third-order valence-corrected chi connectivity index (χ3v) is 4.72. The zero-order valence-electron chi connectivity index (χ0n) is 15.8. The molecule has 6 heteroatoms. The smallest absolute Gasteiger partial charge is 0.338 e. The van der Waals surface area contributed by atoms with Crippen molar-refractivity contribution in [3.05, 3.63) is 95.6 Å². The molecule has 0 spiro atoms. The molecule has 0 aliphatic rings. The summed E-state index contributed by atoms with van der Waals surface area (Å²) in [4.78, 5) is 28.9. The highest BCUT2D eigenvalue weighted by molar-refractivity contribution is 6.29. The van der Waals surface area contributed by atoms with Crippen molar-refractivity contribution in [1.29, 1.82) is 0 Å². The molecule has 5 nitrogen and oxygen atoms in total. The predicted octanol–water partition coefficient (Wildman–Crippen LogP) is 5.35. The molecule has 3 aromatic carbocycles. The van der Waals surface area contributed by atoms with E-state index in [1.165, 1.54) is 0 Å². The van der Waals surface area contributed by atoms with Gasteiger partial charge in [-0.15, -0.1) is 0 Å². The van der Waals surface area contributed by atoms with Gasteiger partial charge in [-0.25, -0.2) is 9.78 Å². The molecule has 1 N–H and O–H groups in total. The van der Waals surface area contributed by atoms with Gasteiger partial charge in [0, 0.05) is 16.6 Å². The van der Waals surface area contributed by atoms with Crippen LogP contribution in [0.2, 0.25) is 5.15 Å². The zero-order valence-corrected chi connectivity index (χ0v) is 16.6. The Morgan fingerprint density at radius 3 is 2.50 bits per heavy atom. The lowest BCUT2D eigenvalue weighted by molar-refractivity contribution is -0.119. The van der Waals surface area contributed by atoms with Gasteiger partial charge in [0.1, 0.15) is 5.15 Å². The summed E-state index contributed by atoms with van der Waals surface area (Å²) in [6, 6.07) is 25.6. The summed E-state index contributed by atoms with van der Waals surface area (Å²) in [6.45, 7) is -0.390. The van der Waals surface area contributed by atoms with Crippen LogP contribution >= 0.6 is 11.6 Å². The summed E-state index contributed by atoms with van der Waals surface area (Å²) < 4.78 is 5.18. The third kappa shape index (κ3) is 4.47. The van der Waals surface area contributed by atoms with Crippen LogP contribution in [0.15, 0.2) is 84.9 Å². The largest absolute Gasteiger partial charge is 0.452 e. The van der Waals surface area contributed by atoms with E-state index in [2.05, 4.69) is 10.3 Å². The quantitative estimate of drug-likeness (QED) is 0.351. The lowest BCUT2D eigenvalue weighted by atomic mass is 10.0. The summed E-state index contributed by atoms with van der Waals surface area (Å²) in [5, 5.41) is 3.95. The molecule has 0 aliphatic heterocycles. The maximum Gasteiger partial charge on any atom is 0.338 e. The Kier molecular flexibility index (Phi) is 5.72. The van der Waals surface area contributed by atoms with Crippen molar-refractivity contribution in [2.24, 2.45) is 0 Å². The number of fused-ring (bicyclic) bond motifs is 1. The molecule has 0 radical (unpaired) electrons. The number of pyridine rings is 1. The molecule has 0 fully saturated rings. The third-order valence-electron chi connectivity index (χ3n) is 4.51. The van der Waals surface area contributed by atoms with Crippen LogP contribution in [-0.4, -0.2) is 23.5 Å². The molecule has 1 amide bonds. The lowest BCUT2D eigenvalue weighted by Crippen LogP contribution is -2.21. The van der Waals surface area contributed by atoms with Crippen LogP contribution < -0.4 is 5.32 Å². The number of hydrogen-bond donors (Lipinski definition) is 1. The van der Waals surface area contributed by atoms with Crippen molar-refractivity contribution >= 4 is 40.1 Å². The van der Waals surface area contributed by atoms with E-state index in [1.54, 1.807) is 30.3 Å². The summed E-state index contributed by atoms with van der Waals surface area (Å²) in [7, 11) is 0. The van der Waals surface area contributed by atoms with E-state index >= 15 is 0 Å². The van der Waals surface area contributed by atoms with Gasteiger partial charge >= 0.3 is 5.97 Å². The fourth-order valence-corrected chi connectivity index (χ4v) is 3.24. The number of nitrogens with zero attached hydrogens (tertiary/aromatic N) is 1. The topological polar surface area (TPSA) is 68.3 Å². The number of carbonyl (C=O) groups excluding carboxylic acids is 2. The van der Waals surface area contributed by atoms with Crippen molar-refractivity contribution in [1.82, 2.24) is 4.98 Å². The van der Waals surface area contributed by atoms with Gasteiger partial charge in [-0.05, 0) is 42.0 Å². The van der Waals surface area contributed by atoms with Gasteiger partial charge in [-0.3, -0.25) is 4.79 Å². The second-order valence-electron chi connectivity index (χ2n) is 6.58. The molecule has 0 saturated heterocycles. The number of aromatic nitrogens is 1. The van der Waals surface area contributed by atoms with Crippen molar-refractivity contribution in [3.63, 3.8) is 0 Å². The monoisotopic (exact) mass is 416 g/mol. The minimum Gasteiger partial charge on any atom is -0.452 e. The number of ether oxygens (including phenoxy) is 1. The molecule has 4 rings (SSSR count). The number of halogens is 1. The van der Waals surface area contributed by atoms with E-state index in [0.29, 0.717) is 21.9 Å². The average molecular weight is 417 g/mol. The SMILES string of the molecule is O=C(COC(=O)c1ccc2nc(Cl)ccc2c1)Nc1ccccc1-c1ccccc1. The van der Waals surface area contributed by atoms with E-state index in [9.17, 15) is 9.59 Å². The standard InChI is InChI=1S/C24H17ClN2O3/c25-22-13-11-17-14-18(10-12-20(17)26-22)24(29)30-15-23(28)27-21-9-5-4-8-19(21)16-6-2-1-3-7-16/h1-14H,15H2,(H,27,28). The summed E-state index contributed by atoms with van der Waals surface area (Å²) in [5.74, 6) is -1.00. The van der Waals surface area contributed by atoms with Crippen LogP contribution in [0, 0.1) is 0 Å². The van der Waals surface area contributed by atoms with Crippen LogP contribution in [0.3, 0.4) is 0 Å². The first kappa shape index (κ1) is 19.6. The van der Waals surface area contributed by atoms with Crippen LogP contribution in [0.5, 0.6) is 0 Å². The van der Waals surface area contributed by atoms with E-state index < -0.39 is 18.5 Å². The summed E-state index contributed by atoms with van der Waals surface area (Å²) in [6.07, 6.45) is 0. The fourth-order valence-electron chi connectivity index (χ4n) is 3.09. The highest BCUT2D eigenvalue weighted by Crippen LogP contribution is 2.27. The number of hydrogen-bond acceptors (Lipinski definition) is 4. The number of esters is 1. The number of nitrogens with one attached hydrogen (secondary N) is 1. The zero-order chi connectivity index (χ0) is 20.9. The molecule has 1 heterocycles. The van der Waals surface area contributed by atoms with Crippen molar-refractivity contribution in [2.45, 2.75) is 0 Å². The van der Waals surface area contributed by atoms with E-state index in [1.807, 2.05) is 54.6 Å². The molecular formula is C24H17ClN2O3. The number of rotatable bonds is 5. The highest BCUT2D eigenvalue weighted by Gasteiger charge is 2.13. The first-order valence-corrected chi connectivity index (χ1v) is 9.66. The van der Waals surface area contributed by atoms with Gasteiger partial charge in [0.05, 0.1) is 11.1 Å². The van der Waals surface area contributed by atoms with E-state index in [4.69, 9.17) is 16.3 Å². The molecular weight excluding hydrogens is 400 g/mol. The number of amides is 1. The normalized spacial score (nSPS) is 10.6. The molecule has 0 atom stereocenters. The van der Waals surface area contributed by atoms with Gasteiger partial charge in [0.25, 0.3) is 5.91 Å². The van der Waals surface area contributed by atoms with Crippen LogP contribution in [-0.2, 0) is 9.53 Å².